The van der Waals surface area contributed by atoms with Crippen molar-refractivity contribution in [1.29, 1.82) is 0 Å². The number of aromatic nitrogens is 1. The summed E-state index contributed by atoms with van der Waals surface area (Å²) in [5.41, 5.74) is 3.57. The van der Waals surface area contributed by atoms with Gasteiger partial charge in [0.25, 0.3) is 5.91 Å². The first kappa shape index (κ1) is 21.2. The second kappa shape index (κ2) is 9.42. The fourth-order valence-corrected chi connectivity index (χ4v) is 5.15. The lowest BCUT2D eigenvalue weighted by Crippen LogP contribution is -2.25. The summed E-state index contributed by atoms with van der Waals surface area (Å²) in [6.07, 6.45) is 7.88. The highest BCUT2D eigenvalue weighted by Gasteiger charge is 2.18. The number of halogens is 1. The van der Waals surface area contributed by atoms with Gasteiger partial charge in [0.1, 0.15) is 5.75 Å². The average Bonchev–Trinajstić information content (AvgIpc) is 3.21. The van der Waals surface area contributed by atoms with Crippen molar-refractivity contribution in [2.75, 3.05) is 11.9 Å². The fourth-order valence-electron chi connectivity index (χ4n) is 3.98. The molecule has 5 rings (SSSR count). The number of carbonyl (C=O) groups is 1. The highest BCUT2D eigenvalue weighted by molar-refractivity contribution is 9.10. The van der Waals surface area contributed by atoms with Gasteiger partial charge in [0.2, 0.25) is 4.80 Å². The molecule has 0 spiro atoms. The number of hydrogen-bond acceptors (Lipinski definition) is 5. The van der Waals surface area contributed by atoms with Crippen molar-refractivity contribution in [2.24, 2.45) is 10.1 Å². The molecule has 1 aromatic heterocycles. The Morgan fingerprint density at radius 1 is 1.12 bits per heavy atom. The summed E-state index contributed by atoms with van der Waals surface area (Å²) in [6, 6.07) is 14.2. The largest absolute Gasteiger partial charge is 0.482 e. The standard InChI is InChI=1S/C24H23BrN4O2S/c25-18-9-6-16(7-10-18)13-26-29-21(15-32-24(29)27-19-4-2-1-3-5-19)17-8-11-22-20(12-17)28-23(30)14-31-22/h6-13,15,19H,1-5,14H2,(H,28,30). The number of thiazole rings is 1. The van der Waals surface area contributed by atoms with Gasteiger partial charge in [-0.2, -0.15) is 5.10 Å². The van der Waals surface area contributed by atoms with Crippen molar-refractivity contribution < 1.29 is 9.53 Å². The van der Waals surface area contributed by atoms with E-state index in [-0.39, 0.29) is 12.5 Å². The summed E-state index contributed by atoms with van der Waals surface area (Å²) in [5, 5.41) is 9.78. The van der Waals surface area contributed by atoms with Crippen molar-refractivity contribution in [1.82, 2.24) is 4.68 Å². The summed E-state index contributed by atoms with van der Waals surface area (Å²) in [6.45, 7) is 0.0483. The lowest BCUT2D eigenvalue weighted by molar-refractivity contribution is -0.118. The highest BCUT2D eigenvalue weighted by atomic mass is 79.9. The zero-order valence-corrected chi connectivity index (χ0v) is 19.9. The Morgan fingerprint density at radius 2 is 1.94 bits per heavy atom. The van der Waals surface area contributed by atoms with Crippen LogP contribution < -0.4 is 14.9 Å². The molecule has 3 aromatic rings. The molecule has 164 valence electrons. The monoisotopic (exact) mass is 510 g/mol. The number of benzene rings is 2. The summed E-state index contributed by atoms with van der Waals surface area (Å²) < 4.78 is 8.45. The highest BCUT2D eigenvalue weighted by Crippen LogP contribution is 2.33. The van der Waals surface area contributed by atoms with Gasteiger partial charge in [-0.15, -0.1) is 11.3 Å². The molecule has 1 N–H and O–H groups in total. The van der Waals surface area contributed by atoms with E-state index < -0.39 is 0 Å². The van der Waals surface area contributed by atoms with E-state index in [9.17, 15) is 4.79 Å². The number of nitrogens with zero attached hydrogens (tertiary/aromatic N) is 3. The maximum Gasteiger partial charge on any atom is 0.262 e. The van der Waals surface area contributed by atoms with Gasteiger partial charge in [0.15, 0.2) is 6.61 Å². The van der Waals surface area contributed by atoms with Gasteiger partial charge in [-0.3, -0.25) is 9.79 Å². The number of fused-ring (bicyclic) bond motifs is 1. The van der Waals surface area contributed by atoms with E-state index in [4.69, 9.17) is 14.8 Å². The van der Waals surface area contributed by atoms with Crippen LogP contribution in [-0.4, -0.2) is 29.4 Å². The Bertz CT molecular complexity index is 1220. The van der Waals surface area contributed by atoms with Crippen LogP contribution in [0.1, 0.15) is 37.7 Å². The van der Waals surface area contributed by atoms with Crippen LogP contribution in [0.2, 0.25) is 0 Å². The smallest absolute Gasteiger partial charge is 0.262 e. The maximum absolute atomic E-state index is 11.8. The maximum atomic E-state index is 11.8. The molecule has 0 atom stereocenters. The Kier molecular flexibility index (Phi) is 6.23. The lowest BCUT2D eigenvalue weighted by Gasteiger charge is -2.18. The predicted molar refractivity (Wildman–Crippen MR) is 131 cm³/mol. The van der Waals surface area contributed by atoms with Crippen molar-refractivity contribution in [3.8, 4) is 17.0 Å². The first-order valence-electron chi connectivity index (χ1n) is 10.8. The average molecular weight is 511 g/mol. The number of anilines is 1. The fraction of sp³-hybridized carbons (Fsp3) is 0.292. The van der Waals surface area contributed by atoms with E-state index in [1.165, 1.54) is 19.3 Å². The van der Waals surface area contributed by atoms with E-state index in [2.05, 4.69) is 26.6 Å². The summed E-state index contributed by atoms with van der Waals surface area (Å²) in [4.78, 5) is 17.7. The minimum absolute atomic E-state index is 0.0483. The van der Waals surface area contributed by atoms with Gasteiger partial charge in [0, 0.05) is 15.4 Å². The van der Waals surface area contributed by atoms with Crippen LogP contribution >= 0.6 is 27.3 Å². The Hall–Kier alpha value is -2.71. The third-order valence-corrected chi connectivity index (χ3v) is 7.01. The van der Waals surface area contributed by atoms with Gasteiger partial charge in [-0.25, -0.2) is 4.68 Å². The molecule has 1 aliphatic heterocycles. The molecule has 1 saturated carbocycles. The third kappa shape index (κ3) is 4.71. The van der Waals surface area contributed by atoms with Crippen molar-refractivity contribution in [3.63, 3.8) is 0 Å². The topological polar surface area (TPSA) is 68.0 Å². The number of amides is 1. The summed E-state index contributed by atoms with van der Waals surface area (Å²) in [5.74, 6) is 0.537. The van der Waals surface area contributed by atoms with E-state index in [0.717, 1.165) is 38.9 Å². The molecule has 2 aromatic carbocycles. The summed E-state index contributed by atoms with van der Waals surface area (Å²) >= 11 is 5.07. The molecule has 8 heteroatoms. The molecule has 2 heterocycles. The second-order valence-corrected chi connectivity index (χ2v) is 9.73. The minimum atomic E-state index is -0.144. The Morgan fingerprint density at radius 3 is 2.75 bits per heavy atom. The number of nitrogens with one attached hydrogen (secondary N) is 1. The van der Waals surface area contributed by atoms with Crippen LogP contribution in [-0.2, 0) is 4.79 Å². The molecule has 1 fully saturated rings. The molecule has 0 bridgehead atoms. The summed E-state index contributed by atoms with van der Waals surface area (Å²) in [7, 11) is 0. The van der Waals surface area contributed by atoms with Crippen molar-refractivity contribution in [2.45, 2.75) is 38.1 Å². The van der Waals surface area contributed by atoms with E-state index in [0.29, 0.717) is 17.5 Å². The second-order valence-electron chi connectivity index (χ2n) is 7.98. The van der Waals surface area contributed by atoms with E-state index in [1.54, 1.807) is 11.3 Å². The molecule has 6 nitrogen and oxygen atoms in total. The molecule has 0 unspecified atom stereocenters. The normalized spacial score (nSPS) is 17.3. The molecule has 2 aliphatic rings. The minimum Gasteiger partial charge on any atom is -0.482 e. The first-order chi connectivity index (χ1) is 15.7. The van der Waals surface area contributed by atoms with Crippen LogP contribution in [0.3, 0.4) is 0 Å². The lowest BCUT2D eigenvalue weighted by atomic mass is 9.96. The van der Waals surface area contributed by atoms with Crippen LogP contribution in [0, 0.1) is 0 Å². The van der Waals surface area contributed by atoms with Gasteiger partial charge in [0.05, 0.1) is 23.6 Å². The Labute approximate surface area is 198 Å². The van der Waals surface area contributed by atoms with Crippen LogP contribution in [0.4, 0.5) is 5.69 Å². The number of ether oxygens (including phenoxy) is 1. The molecular weight excluding hydrogens is 488 g/mol. The molecule has 0 radical (unpaired) electrons. The number of rotatable bonds is 4. The zero-order valence-electron chi connectivity index (χ0n) is 17.5. The van der Waals surface area contributed by atoms with Crippen LogP contribution in [0.5, 0.6) is 5.75 Å². The van der Waals surface area contributed by atoms with Crippen LogP contribution in [0.25, 0.3) is 11.3 Å². The van der Waals surface area contributed by atoms with Gasteiger partial charge in [-0.1, -0.05) is 47.3 Å². The third-order valence-electron chi connectivity index (χ3n) is 5.65. The molecule has 0 saturated heterocycles. The number of carbonyl (C=O) groups excluding carboxylic acids is 1. The van der Waals surface area contributed by atoms with Crippen molar-refractivity contribution >= 4 is 45.1 Å². The van der Waals surface area contributed by atoms with Crippen molar-refractivity contribution in [3.05, 3.63) is 62.7 Å². The van der Waals surface area contributed by atoms with Gasteiger partial charge >= 0.3 is 0 Å². The van der Waals surface area contributed by atoms with Crippen LogP contribution in [0.15, 0.2) is 62.4 Å². The predicted octanol–water partition coefficient (Wildman–Crippen LogP) is 5.43. The molecule has 32 heavy (non-hydrogen) atoms. The quantitative estimate of drug-likeness (QED) is 0.475. The van der Waals surface area contributed by atoms with Gasteiger partial charge in [-0.05, 0) is 48.7 Å². The molecule has 1 amide bonds. The molecule has 1 aliphatic carbocycles. The van der Waals surface area contributed by atoms with E-state index in [1.807, 2.05) is 53.4 Å². The molecular formula is C24H23BrN4O2S. The SMILES string of the molecule is O=C1COc2ccc(-c3csc(=NC4CCCCC4)n3N=Cc3ccc(Br)cc3)cc2N1. The number of hydrogen-bond donors (Lipinski definition) is 1. The van der Waals surface area contributed by atoms with E-state index >= 15 is 0 Å². The Balaban J connectivity index is 1.56. The first-order valence-corrected chi connectivity index (χ1v) is 12.4. The van der Waals surface area contributed by atoms with Gasteiger partial charge < -0.3 is 10.1 Å². The zero-order chi connectivity index (χ0) is 21.9.